The topological polar surface area (TPSA) is 42.9 Å². The highest BCUT2D eigenvalue weighted by atomic mass is 16.1. The second kappa shape index (κ2) is 2.16. The van der Waals surface area contributed by atoms with E-state index in [0.717, 1.165) is 0 Å². The van der Waals surface area contributed by atoms with Crippen molar-refractivity contribution in [3.8, 4) is 0 Å². The summed E-state index contributed by atoms with van der Waals surface area (Å²) >= 11 is 0. The minimum Gasteiger partial charge on any atom is -0.266 e. The van der Waals surface area contributed by atoms with Crippen molar-refractivity contribution in [2.24, 2.45) is 0 Å². The van der Waals surface area contributed by atoms with E-state index < -0.39 is 0 Å². The molecule has 0 bridgehead atoms. The average molecular weight is 108 g/mol. The SMILES string of the molecule is O=c1cncccn1. The van der Waals surface area contributed by atoms with Gasteiger partial charge >= 0.3 is 0 Å². The molecular weight excluding hydrogens is 104 g/mol. The lowest BCUT2D eigenvalue weighted by Crippen LogP contribution is -1.97. The van der Waals surface area contributed by atoms with Gasteiger partial charge in [-0.25, -0.2) is 4.98 Å². The van der Waals surface area contributed by atoms with Crippen LogP contribution in [-0.2, 0) is 0 Å². The van der Waals surface area contributed by atoms with Gasteiger partial charge in [0.2, 0.25) is 0 Å². The first-order chi connectivity index (χ1) is 3.89. The van der Waals surface area contributed by atoms with E-state index in [1.54, 1.807) is 6.07 Å². The second-order valence-corrected chi connectivity index (χ2v) is 1.24. The van der Waals surface area contributed by atoms with Crippen LogP contribution in [0.3, 0.4) is 0 Å². The molecule has 8 heavy (non-hydrogen) atoms. The fraction of sp³-hybridized carbons (Fsp3) is 0. The summed E-state index contributed by atoms with van der Waals surface area (Å²) < 4.78 is 0. The zero-order chi connectivity index (χ0) is 5.82. The summed E-state index contributed by atoms with van der Waals surface area (Å²) in [6, 6.07) is 1.60. The molecule has 3 nitrogen and oxygen atoms in total. The third-order valence-electron chi connectivity index (χ3n) is 0.645. The van der Waals surface area contributed by atoms with Crippen molar-refractivity contribution in [1.82, 2.24) is 9.97 Å². The lowest BCUT2D eigenvalue weighted by molar-refractivity contribution is 1.23. The lowest BCUT2D eigenvalue weighted by atomic mass is 10.7. The Morgan fingerprint density at radius 1 is 1.38 bits per heavy atom. The van der Waals surface area contributed by atoms with Crippen molar-refractivity contribution in [2.75, 3.05) is 0 Å². The summed E-state index contributed by atoms with van der Waals surface area (Å²) in [4.78, 5) is 17.3. The molecule has 0 aromatic carbocycles. The molecule has 0 fully saturated rings. The standard InChI is InChI=1S/C5H4N2O/c8-5-4-6-2-1-3-7-5/h1-4H. The predicted octanol–water partition coefficient (Wildman–Crippen LogP) is -0.163. The molecule has 0 aliphatic carbocycles. The summed E-state index contributed by atoms with van der Waals surface area (Å²) in [5, 5.41) is 0. The Labute approximate surface area is 46.0 Å². The molecule has 0 N–H and O–H groups in total. The highest BCUT2D eigenvalue weighted by Gasteiger charge is 1.72. The third-order valence-corrected chi connectivity index (χ3v) is 0.645. The molecule has 0 saturated carbocycles. The molecule has 0 radical (unpaired) electrons. The zero-order valence-electron chi connectivity index (χ0n) is 4.11. The first kappa shape index (κ1) is 4.90. The van der Waals surface area contributed by atoms with Crippen molar-refractivity contribution < 1.29 is 0 Å². The van der Waals surface area contributed by atoms with E-state index in [4.69, 9.17) is 0 Å². The maximum Gasteiger partial charge on any atom is 0.288 e. The zero-order valence-corrected chi connectivity index (χ0v) is 4.11. The number of rotatable bonds is 0. The van der Waals surface area contributed by atoms with Crippen molar-refractivity contribution in [3.05, 3.63) is 35.0 Å². The van der Waals surface area contributed by atoms with Gasteiger partial charge in [-0.05, 0) is 6.07 Å². The van der Waals surface area contributed by atoms with Gasteiger partial charge in [0.1, 0.15) is 0 Å². The fourth-order valence-corrected chi connectivity index (χ4v) is 0.345. The highest BCUT2D eigenvalue weighted by molar-refractivity contribution is 4.78. The van der Waals surface area contributed by atoms with Crippen LogP contribution in [-0.4, -0.2) is 9.97 Å². The van der Waals surface area contributed by atoms with Gasteiger partial charge in [-0.15, -0.1) is 0 Å². The van der Waals surface area contributed by atoms with Gasteiger partial charge in [-0.3, -0.25) is 9.78 Å². The molecule has 1 rings (SSSR count). The van der Waals surface area contributed by atoms with Gasteiger partial charge in [0.25, 0.3) is 5.56 Å². The Hall–Kier alpha value is -1.25. The second-order valence-electron chi connectivity index (χ2n) is 1.24. The van der Waals surface area contributed by atoms with Crippen LogP contribution in [0.15, 0.2) is 29.5 Å². The van der Waals surface area contributed by atoms with Crippen molar-refractivity contribution in [3.63, 3.8) is 0 Å². The molecule has 0 unspecified atom stereocenters. The fourth-order valence-electron chi connectivity index (χ4n) is 0.345. The monoisotopic (exact) mass is 108 g/mol. The normalized spacial score (nSPS) is 8.50. The number of hydrogen-bond donors (Lipinski definition) is 0. The Morgan fingerprint density at radius 3 is 3.12 bits per heavy atom. The Bertz CT molecular complexity index is 201. The Balaban J connectivity index is 3.32. The van der Waals surface area contributed by atoms with Crippen molar-refractivity contribution in [1.29, 1.82) is 0 Å². The van der Waals surface area contributed by atoms with Crippen LogP contribution in [0.25, 0.3) is 0 Å². The molecule has 1 aromatic heterocycles. The molecule has 0 spiro atoms. The maximum absolute atomic E-state index is 10.3. The minimum atomic E-state index is -0.310. The molecular formula is C5H4N2O. The van der Waals surface area contributed by atoms with Crippen molar-refractivity contribution in [2.45, 2.75) is 0 Å². The van der Waals surface area contributed by atoms with Crippen LogP contribution in [0.4, 0.5) is 0 Å². The first-order valence-electron chi connectivity index (χ1n) is 2.16. The molecule has 0 aliphatic heterocycles. The van der Waals surface area contributed by atoms with E-state index in [0.29, 0.717) is 0 Å². The molecule has 1 heterocycles. The van der Waals surface area contributed by atoms with E-state index in [2.05, 4.69) is 9.97 Å². The molecule has 3 heteroatoms. The number of hydrogen-bond acceptors (Lipinski definition) is 3. The molecule has 40 valence electrons. The quantitative estimate of drug-likeness (QED) is 0.463. The average Bonchev–Trinajstić information content (AvgIpc) is 1.94. The minimum absolute atomic E-state index is 0.310. The predicted molar refractivity (Wildman–Crippen MR) is 28.3 cm³/mol. The van der Waals surface area contributed by atoms with Crippen LogP contribution in [0.5, 0.6) is 0 Å². The first-order valence-corrected chi connectivity index (χ1v) is 2.16. The van der Waals surface area contributed by atoms with E-state index in [-0.39, 0.29) is 5.56 Å². The van der Waals surface area contributed by atoms with Gasteiger partial charge in [0.15, 0.2) is 0 Å². The third kappa shape index (κ3) is 1.11. The molecule has 0 atom stereocenters. The maximum atomic E-state index is 10.3. The largest absolute Gasteiger partial charge is 0.288 e. The summed E-state index contributed by atoms with van der Waals surface area (Å²) in [6.07, 6.45) is 4.09. The van der Waals surface area contributed by atoms with Gasteiger partial charge in [-0.1, -0.05) is 0 Å². The van der Waals surface area contributed by atoms with E-state index in [1.807, 2.05) is 0 Å². The van der Waals surface area contributed by atoms with Gasteiger partial charge in [-0.2, -0.15) is 0 Å². The number of aromatic nitrogens is 2. The molecule has 0 amide bonds. The van der Waals surface area contributed by atoms with E-state index in [1.165, 1.54) is 18.6 Å². The summed E-state index contributed by atoms with van der Waals surface area (Å²) in [6.45, 7) is 0. The van der Waals surface area contributed by atoms with Crippen LogP contribution < -0.4 is 5.56 Å². The summed E-state index contributed by atoms with van der Waals surface area (Å²) in [5.41, 5.74) is -0.310. The summed E-state index contributed by atoms with van der Waals surface area (Å²) in [7, 11) is 0. The summed E-state index contributed by atoms with van der Waals surface area (Å²) in [5.74, 6) is 0. The van der Waals surface area contributed by atoms with E-state index >= 15 is 0 Å². The molecule has 0 saturated heterocycles. The Kier molecular flexibility index (Phi) is 1.32. The van der Waals surface area contributed by atoms with E-state index in [9.17, 15) is 4.79 Å². The van der Waals surface area contributed by atoms with Gasteiger partial charge < -0.3 is 0 Å². The Morgan fingerprint density at radius 2 is 2.25 bits per heavy atom. The van der Waals surface area contributed by atoms with Crippen LogP contribution in [0, 0.1) is 0 Å². The molecule has 0 aliphatic rings. The smallest absolute Gasteiger partial charge is 0.266 e. The van der Waals surface area contributed by atoms with Crippen LogP contribution in [0.1, 0.15) is 0 Å². The lowest BCUT2D eigenvalue weighted by Gasteiger charge is -1.56. The van der Waals surface area contributed by atoms with Crippen LogP contribution >= 0.6 is 0 Å². The van der Waals surface area contributed by atoms with Gasteiger partial charge in [0.05, 0.1) is 6.20 Å². The van der Waals surface area contributed by atoms with Crippen LogP contribution in [0.2, 0.25) is 0 Å². The molecule has 1 aromatic rings. The van der Waals surface area contributed by atoms with Gasteiger partial charge in [0, 0.05) is 12.4 Å². The number of nitrogens with zero attached hydrogens (tertiary/aromatic N) is 2. The highest BCUT2D eigenvalue weighted by Crippen LogP contribution is 1.62. The van der Waals surface area contributed by atoms with Crippen molar-refractivity contribution >= 4 is 0 Å².